The molecule has 0 unspecified atom stereocenters. The highest BCUT2D eigenvalue weighted by atomic mass is 16.5. The molecule has 7 heteroatoms. The van der Waals surface area contributed by atoms with Gasteiger partial charge in [-0.05, 0) is 6.07 Å². The summed E-state index contributed by atoms with van der Waals surface area (Å²) < 4.78 is 10.3. The lowest BCUT2D eigenvalue weighted by Crippen LogP contribution is -2.39. The smallest absolute Gasteiger partial charge is 0.224 e. The van der Waals surface area contributed by atoms with Gasteiger partial charge in [-0.3, -0.25) is 4.90 Å². The van der Waals surface area contributed by atoms with Gasteiger partial charge < -0.3 is 20.1 Å². The average Bonchev–Trinajstić information content (AvgIpc) is 2.49. The van der Waals surface area contributed by atoms with E-state index in [1.165, 1.54) is 0 Å². The van der Waals surface area contributed by atoms with E-state index in [1.807, 2.05) is 6.07 Å². The van der Waals surface area contributed by atoms with Gasteiger partial charge in [0.15, 0.2) is 0 Å². The fourth-order valence-corrected chi connectivity index (χ4v) is 1.97. The summed E-state index contributed by atoms with van der Waals surface area (Å²) in [6.07, 6.45) is 1.75. The third kappa shape index (κ3) is 5.28. The maximum atomic E-state index is 5.32. The molecule has 2 heterocycles. The van der Waals surface area contributed by atoms with Crippen LogP contribution in [0.4, 0.5) is 11.8 Å². The van der Waals surface area contributed by atoms with Gasteiger partial charge in [0.2, 0.25) is 5.95 Å². The van der Waals surface area contributed by atoms with Crippen LogP contribution in [-0.2, 0) is 9.47 Å². The summed E-state index contributed by atoms with van der Waals surface area (Å²) in [5, 5.41) is 6.43. The van der Waals surface area contributed by atoms with Crippen LogP contribution in [0.15, 0.2) is 12.3 Å². The van der Waals surface area contributed by atoms with Crippen molar-refractivity contribution in [3.8, 4) is 0 Å². The molecule has 2 N–H and O–H groups in total. The lowest BCUT2D eigenvalue weighted by molar-refractivity contribution is 0.0398. The number of ether oxygens (including phenoxy) is 2. The van der Waals surface area contributed by atoms with Crippen LogP contribution >= 0.6 is 0 Å². The molecule has 1 fully saturated rings. The van der Waals surface area contributed by atoms with Gasteiger partial charge >= 0.3 is 0 Å². The zero-order chi connectivity index (χ0) is 14.0. The molecule has 0 amide bonds. The monoisotopic (exact) mass is 281 g/mol. The molecule has 1 aliphatic heterocycles. The molecule has 1 aromatic rings. The van der Waals surface area contributed by atoms with Crippen molar-refractivity contribution in [2.45, 2.75) is 0 Å². The highest BCUT2D eigenvalue weighted by Gasteiger charge is 2.09. The van der Waals surface area contributed by atoms with E-state index < -0.39 is 0 Å². The molecule has 1 aliphatic rings. The van der Waals surface area contributed by atoms with E-state index in [0.717, 1.165) is 51.8 Å². The first-order valence-corrected chi connectivity index (χ1v) is 6.98. The number of rotatable bonds is 8. The Morgan fingerprint density at radius 3 is 2.95 bits per heavy atom. The van der Waals surface area contributed by atoms with Crippen molar-refractivity contribution in [1.82, 2.24) is 14.9 Å². The normalized spacial score (nSPS) is 16.1. The van der Waals surface area contributed by atoms with Crippen molar-refractivity contribution in [2.24, 2.45) is 0 Å². The van der Waals surface area contributed by atoms with Gasteiger partial charge in [0.25, 0.3) is 0 Å². The molecular weight excluding hydrogens is 258 g/mol. The third-order valence-electron chi connectivity index (χ3n) is 3.08. The van der Waals surface area contributed by atoms with Crippen LogP contribution in [0.25, 0.3) is 0 Å². The first-order chi connectivity index (χ1) is 9.88. The SMILES string of the molecule is COCCNc1ccnc(NCCN2CCOCC2)n1. The van der Waals surface area contributed by atoms with E-state index in [0.29, 0.717) is 12.6 Å². The summed E-state index contributed by atoms with van der Waals surface area (Å²) in [7, 11) is 1.68. The molecule has 0 spiro atoms. The Morgan fingerprint density at radius 2 is 2.15 bits per heavy atom. The minimum atomic E-state index is 0.653. The van der Waals surface area contributed by atoms with Gasteiger partial charge in [0.05, 0.1) is 19.8 Å². The van der Waals surface area contributed by atoms with Crippen LogP contribution in [0.5, 0.6) is 0 Å². The minimum absolute atomic E-state index is 0.653. The van der Waals surface area contributed by atoms with Crippen molar-refractivity contribution in [2.75, 3.05) is 70.3 Å². The Labute approximate surface area is 119 Å². The van der Waals surface area contributed by atoms with E-state index in [1.54, 1.807) is 13.3 Å². The first kappa shape index (κ1) is 15.0. The summed E-state index contributed by atoms with van der Waals surface area (Å²) in [6.45, 7) is 6.87. The number of hydrogen-bond acceptors (Lipinski definition) is 7. The molecule has 0 radical (unpaired) electrons. The number of anilines is 2. The van der Waals surface area contributed by atoms with Crippen LogP contribution < -0.4 is 10.6 Å². The standard InChI is InChI=1S/C13H23N5O2/c1-19-9-5-14-12-2-3-15-13(17-12)16-4-6-18-7-10-20-11-8-18/h2-3H,4-11H2,1H3,(H2,14,15,16,17). The van der Waals surface area contributed by atoms with Gasteiger partial charge in [-0.25, -0.2) is 4.98 Å². The molecule has 0 aliphatic carbocycles. The summed E-state index contributed by atoms with van der Waals surface area (Å²) in [6, 6.07) is 1.85. The van der Waals surface area contributed by atoms with Crippen molar-refractivity contribution in [1.29, 1.82) is 0 Å². The zero-order valence-electron chi connectivity index (χ0n) is 12.0. The van der Waals surface area contributed by atoms with Crippen molar-refractivity contribution < 1.29 is 9.47 Å². The van der Waals surface area contributed by atoms with Crippen LogP contribution in [0, 0.1) is 0 Å². The summed E-state index contributed by atoms with van der Waals surface area (Å²) in [5.74, 6) is 1.46. The number of hydrogen-bond donors (Lipinski definition) is 2. The Balaban J connectivity index is 1.70. The predicted molar refractivity (Wildman–Crippen MR) is 78.1 cm³/mol. The lowest BCUT2D eigenvalue weighted by Gasteiger charge is -2.26. The molecule has 112 valence electrons. The molecule has 1 aromatic heterocycles. The number of morpholine rings is 1. The van der Waals surface area contributed by atoms with Crippen LogP contribution in [0.3, 0.4) is 0 Å². The molecule has 2 rings (SSSR count). The number of aromatic nitrogens is 2. The second-order valence-electron chi connectivity index (χ2n) is 4.57. The second kappa shape index (κ2) is 8.68. The molecule has 1 saturated heterocycles. The molecule has 0 atom stereocenters. The Morgan fingerprint density at radius 1 is 1.30 bits per heavy atom. The topological polar surface area (TPSA) is 71.5 Å². The maximum absolute atomic E-state index is 5.32. The highest BCUT2D eigenvalue weighted by Crippen LogP contribution is 2.05. The Kier molecular flexibility index (Phi) is 6.49. The minimum Gasteiger partial charge on any atom is -0.383 e. The van der Waals surface area contributed by atoms with Gasteiger partial charge in [-0.15, -0.1) is 0 Å². The quantitative estimate of drug-likeness (QED) is 0.663. The third-order valence-corrected chi connectivity index (χ3v) is 3.08. The van der Waals surface area contributed by atoms with Crippen LogP contribution in [0.1, 0.15) is 0 Å². The van der Waals surface area contributed by atoms with Crippen molar-refractivity contribution >= 4 is 11.8 Å². The molecule has 0 bridgehead atoms. The Bertz CT molecular complexity index is 385. The molecule has 20 heavy (non-hydrogen) atoms. The molecular formula is C13H23N5O2. The zero-order valence-corrected chi connectivity index (χ0v) is 12.0. The van der Waals surface area contributed by atoms with E-state index in [2.05, 4.69) is 25.5 Å². The van der Waals surface area contributed by atoms with E-state index in [9.17, 15) is 0 Å². The maximum Gasteiger partial charge on any atom is 0.224 e. The first-order valence-electron chi connectivity index (χ1n) is 6.98. The average molecular weight is 281 g/mol. The van der Waals surface area contributed by atoms with Crippen molar-refractivity contribution in [3.05, 3.63) is 12.3 Å². The number of nitrogens with one attached hydrogen (secondary N) is 2. The number of nitrogens with zero attached hydrogens (tertiary/aromatic N) is 3. The van der Waals surface area contributed by atoms with Gasteiger partial charge in [-0.2, -0.15) is 4.98 Å². The fraction of sp³-hybridized carbons (Fsp3) is 0.692. The largest absolute Gasteiger partial charge is 0.383 e. The van der Waals surface area contributed by atoms with E-state index >= 15 is 0 Å². The number of methoxy groups -OCH3 is 1. The predicted octanol–water partition coefficient (Wildman–Crippen LogP) is 0.279. The summed E-state index contributed by atoms with van der Waals surface area (Å²) in [4.78, 5) is 11.0. The molecule has 0 saturated carbocycles. The Hall–Kier alpha value is -1.44. The van der Waals surface area contributed by atoms with Gasteiger partial charge in [-0.1, -0.05) is 0 Å². The highest BCUT2D eigenvalue weighted by molar-refractivity contribution is 5.39. The van der Waals surface area contributed by atoms with Gasteiger partial charge in [0.1, 0.15) is 5.82 Å². The van der Waals surface area contributed by atoms with E-state index in [-0.39, 0.29) is 0 Å². The molecule has 7 nitrogen and oxygen atoms in total. The second-order valence-corrected chi connectivity index (χ2v) is 4.57. The van der Waals surface area contributed by atoms with Crippen molar-refractivity contribution in [3.63, 3.8) is 0 Å². The van der Waals surface area contributed by atoms with Crippen LogP contribution in [0.2, 0.25) is 0 Å². The summed E-state index contributed by atoms with van der Waals surface area (Å²) in [5.41, 5.74) is 0. The van der Waals surface area contributed by atoms with Gasteiger partial charge in [0, 0.05) is 46.0 Å². The summed E-state index contributed by atoms with van der Waals surface area (Å²) >= 11 is 0. The molecule has 0 aromatic carbocycles. The van der Waals surface area contributed by atoms with E-state index in [4.69, 9.17) is 9.47 Å². The lowest BCUT2D eigenvalue weighted by atomic mass is 10.4. The van der Waals surface area contributed by atoms with Crippen LogP contribution in [-0.4, -0.2) is 74.5 Å². The fourth-order valence-electron chi connectivity index (χ4n) is 1.97.